The van der Waals surface area contributed by atoms with Gasteiger partial charge in [0.05, 0.1) is 6.04 Å². The van der Waals surface area contributed by atoms with Crippen LogP contribution in [0.3, 0.4) is 0 Å². The van der Waals surface area contributed by atoms with Crippen molar-refractivity contribution in [3.8, 4) is 0 Å². The number of amides is 1. The largest absolute Gasteiger partial charge is 0.357 e. The van der Waals surface area contributed by atoms with Crippen LogP contribution in [0.15, 0.2) is 53.7 Å². The monoisotopic (exact) mass is 522 g/mol. The van der Waals surface area contributed by atoms with Gasteiger partial charge in [-0.2, -0.15) is 0 Å². The lowest BCUT2D eigenvalue weighted by Gasteiger charge is -2.20. The number of rotatable bonds is 7. The van der Waals surface area contributed by atoms with Crippen molar-refractivity contribution in [2.45, 2.75) is 32.9 Å². The molecular formula is C22H31IN6O. The first-order valence-electron chi connectivity index (χ1n) is 10.2. The Balaban J connectivity index is 0.00000320. The second-order valence-corrected chi connectivity index (χ2v) is 7.01. The van der Waals surface area contributed by atoms with Gasteiger partial charge in [-0.25, -0.2) is 4.98 Å². The van der Waals surface area contributed by atoms with E-state index in [1.165, 1.54) is 0 Å². The van der Waals surface area contributed by atoms with Gasteiger partial charge in [0.2, 0.25) is 5.91 Å². The number of nitrogens with one attached hydrogen (secondary N) is 2. The molecule has 0 spiro atoms. The Morgan fingerprint density at radius 3 is 2.53 bits per heavy atom. The van der Waals surface area contributed by atoms with E-state index in [1.54, 1.807) is 7.05 Å². The molecule has 2 N–H and O–H groups in total. The summed E-state index contributed by atoms with van der Waals surface area (Å²) in [5.41, 5.74) is 2.02. The number of anilines is 2. The molecule has 1 atom stereocenters. The number of carbonyl (C=O) groups is 1. The standard InChI is InChI=1S/C22H30N6O.HI/c1-4-27(5-2)20-12-11-17(14-24-20)15-25-22(23-3)26-18-13-21(29)28(16-18)19-9-7-6-8-10-19;/h6-12,14,18H,4-5,13,15-16H2,1-3H3,(H2,23,25,26);1H. The number of guanidine groups is 1. The predicted octanol–water partition coefficient (Wildman–Crippen LogP) is 3.02. The average Bonchev–Trinajstić information content (AvgIpc) is 3.13. The molecule has 1 saturated heterocycles. The van der Waals surface area contributed by atoms with Crippen LogP contribution in [0.5, 0.6) is 0 Å². The van der Waals surface area contributed by atoms with E-state index in [9.17, 15) is 4.79 Å². The SMILES string of the molecule is CCN(CC)c1ccc(CNC(=NC)NC2CC(=O)N(c3ccccc3)C2)cn1.I. The lowest BCUT2D eigenvalue weighted by Crippen LogP contribution is -2.44. The van der Waals surface area contributed by atoms with Crippen LogP contribution >= 0.6 is 24.0 Å². The van der Waals surface area contributed by atoms with Gasteiger partial charge in [-0.05, 0) is 37.6 Å². The van der Waals surface area contributed by atoms with E-state index in [2.05, 4.69) is 45.4 Å². The number of pyridine rings is 1. The summed E-state index contributed by atoms with van der Waals surface area (Å²) in [6.45, 7) is 7.39. The van der Waals surface area contributed by atoms with Crippen molar-refractivity contribution >= 4 is 47.3 Å². The maximum absolute atomic E-state index is 12.4. The van der Waals surface area contributed by atoms with Gasteiger partial charge in [0.15, 0.2) is 5.96 Å². The highest BCUT2D eigenvalue weighted by atomic mass is 127. The van der Waals surface area contributed by atoms with Crippen molar-refractivity contribution < 1.29 is 4.79 Å². The second-order valence-electron chi connectivity index (χ2n) is 7.01. The molecule has 1 aliphatic rings. The smallest absolute Gasteiger partial charge is 0.229 e. The molecule has 1 aliphatic heterocycles. The summed E-state index contributed by atoms with van der Waals surface area (Å²) in [7, 11) is 1.74. The third kappa shape index (κ3) is 6.07. The number of hydrogen-bond donors (Lipinski definition) is 2. The zero-order valence-corrected chi connectivity index (χ0v) is 20.2. The zero-order valence-electron chi connectivity index (χ0n) is 17.8. The second kappa shape index (κ2) is 11.7. The van der Waals surface area contributed by atoms with E-state index >= 15 is 0 Å². The molecule has 2 heterocycles. The molecule has 0 aliphatic carbocycles. The van der Waals surface area contributed by atoms with Gasteiger partial charge in [0.1, 0.15) is 5.82 Å². The quantitative estimate of drug-likeness (QED) is 0.333. The summed E-state index contributed by atoms with van der Waals surface area (Å²) in [6, 6.07) is 13.9. The number of aliphatic imine (C=N–C) groups is 1. The Kier molecular flexibility index (Phi) is 9.35. The Hall–Kier alpha value is -2.36. The van der Waals surface area contributed by atoms with Crippen LogP contribution < -0.4 is 20.4 Å². The first-order chi connectivity index (χ1) is 14.1. The van der Waals surface area contributed by atoms with Crippen LogP contribution in [0, 0.1) is 0 Å². The topological polar surface area (TPSA) is 72.9 Å². The lowest BCUT2D eigenvalue weighted by atomic mass is 10.2. The van der Waals surface area contributed by atoms with Crippen LogP contribution in [-0.2, 0) is 11.3 Å². The zero-order chi connectivity index (χ0) is 20.6. The summed E-state index contributed by atoms with van der Waals surface area (Å²) < 4.78 is 0. The highest BCUT2D eigenvalue weighted by Gasteiger charge is 2.31. The van der Waals surface area contributed by atoms with Crippen LogP contribution in [0.1, 0.15) is 25.8 Å². The fourth-order valence-electron chi connectivity index (χ4n) is 3.49. The minimum absolute atomic E-state index is 0. The van der Waals surface area contributed by atoms with Crippen molar-refractivity contribution in [2.24, 2.45) is 4.99 Å². The molecule has 1 fully saturated rings. The van der Waals surface area contributed by atoms with Crippen LogP contribution in [-0.4, -0.2) is 49.6 Å². The van der Waals surface area contributed by atoms with Crippen molar-refractivity contribution in [1.82, 2.24) is 15.6 Å². The highest BCUT2D eigenvalue weighted by Crippen LogP contribution is 2.21. The summed E-state index contributed by atoms with van der Waals surface area (Å²) in [5, 5.41) is 6.68. The third-order valence-corrected chi connectivity index (χ3v) is 5.11. The van der Waals surface area contributed by atoms with Gasteiger partial charge in [-0.1, -0.05) is 24.3 Å². The molecule has 8 heteroatoms. The molecule has 30 heavy (non-hydrogen) atoms. The number of aromatic nitrogens is 1. The van der Waals surface area contributed by atoms with Crippen LogP contribution in [0.25, 0.3) is 0 Å². The molecule has 1 unspecified atom stereocenters. The van der Waals surface area contributed by atoms with Gasteiger partial charge in [-0.15, -0.1) is 24.0 Å². The number of halogens is 1. The normalized spacial score (nSPS) is 16.2. The van der Waals surface area contributed by atoms with Crippen LogP contribution in [0.2, 0.25) is 0 Å². The van der Waals surface area contributed by atoms with Crippen molar-refractivity contribution in [3.63, 3.8) is 0 Å². The first-order valence-corrected chi connectivity index (χ1v) is 10.2. The number of carbonyl (C=O) groups excluding carboxylic acids is 1. The van der Waals surface area contributed by atoms with E-state index in [0.29, 0.717) is 25.5 Å². The van der Waals surface area contributed by atoms with E-state index < -0.39 is 0 Å². The predicted molar refractivity (Wildman–Crippen MR) is 134 cm³/mol. The minimum Gasteiger partial charge on any atom is -0.357 e. The Morgan fingerprint density at radius 1 is 1.20 bits per heavy atom. The van der Waals surface area contributed by atoms with E-state index in [-0.39, 0.29) is 35.9 Å². The van der Waals surface area contributed by atoms with Gasteiger partial charge < -0.3 is 20.4 Å². The third-order valence-electron chi connectivity index (χ3n) is 5.11. The van der Waals surface area contributed by atoms with Gasteiger partial charge in [-0.3, -0.25) is 9.79 Å². The van der Waals surface area contributed by atoms with E-state index in [0.717, 1.165) is 30.2 Å². The molecule has 7 nitrogen and oxygen atoms in total. The Labute approximate surface area is 196 Å². The lowest BCUT2D eigenvalue weighted by molar-refractivity contribution is -0.117. The molecule has 3 rings (SSSR count). The molecule has 0 saturated carbocycles. The number of hydrogen-bond acceptors (Lipinski definition) is 4. The molecule has 0 radical (unpaired) electrons. The summed E-state index contributed by atoms with van der Waals surface area (Å²) in [6.07, 6.45) is 2.35. The highest BCUT2D eigenvalue weighted by molar-refractivity contribution is 14.0. The average molecular weight is 522 g/mol. The van der Waals surface area contributed by atoms with E-state index in [1.807, 2.05) is 47.5 Å². The molecule has 1 aromatic carbocycles. The molecular weight excluding hydrogens is 491 g/mol. The fourth-order valence-corrected chi connectivity index (χ4v) is 3.49. The molecule has 1 aromatic heterocycles. The Morgan fingerprint density at radius 2 is 1.93 bits per heavy atom. The molecule has 162 valence electrons. The van der Waals surface area contributed by atoms with Crippen molar-refractivity contribution in [2.75, 3.05) is 36.5 Å². The maximum atomic E-state index is 12.4. The summed E-state index contributed by atoms with van der Waals surface area (Å²) in [5.74, 6) is 1.80. The van der Waals surface area contributed by atoms with E-state index in [4.69, 9.17) is 0 Å². The van der Waals surface area contributed by atoms with Crippen molar-refractivity contribution in [3.05, 3.63) is 54.2 Å². The molecule has 2 aromatic rings. The number of benzene rings is 1. The summed E-state index contributed by atoms with van der Waals surface area (Å²) in [4.78, 5) is 25.3. The number of para-hydroxylation sites is 1. The van der Waals surface area contributed by atoms with Crippen LogP contribution in [0.4, 0.5) is 11.5 Å². The summed E-state index contributed by atoms with van der Waals surface area (Å²) >= 11 is 0. The Bertz CT molecular complexity index is 823. The maximum Gasteiger partial charge on any atom is 0.229 e. The molecule has 1 amide bonds. The fraction of sp³-hybridized carbons (Fsp3) is 0.409. The molecule has 0 bridgehead atoms. The van der Waals surface area contributed by atoms with Gasteiger partial charge in [0, 0.05) is 51.5 Å². The minimum atomic E-state index is 0. The van der Waals surface area contributed by atoms with Crippen molar-refractivity contribution in [1.29, 1.82) is 0 Å². The first kappa shape index (κ1) is 23.9. The van der Waals surface area contributed by atoms with Gasteiger partial charge in [0.25, 0.3) is 0 Å². The number of nitrogens with zero attached hydrogens (tertiary/aromatic N) is 4. The van der Waals surface area contributed by atoms with Gasteiger partial charge >= 0.3 is 0 Å².